The highest BCUT2D eigenvalue weighted by molar-refractivity contribution is 5.04. The van der Waals surface area contributed by atoms with Crippen molar-refractivity contribution in [3.63, 3.8) is 0 Å². The third kappa shape index (κ3) is 2.67. The van der Waals surface area contributed by atoms with Gasteiger partial charge in [-0.25, -0.2) is 0 Å². The van der Waals surface area contributed by atoms with Gasteiger partial charge in [0.2, 0.25) is 5.79 Å². The van der Waals surface area contributed by atoms with Gasteiger partial charge in [-0.05, 0) is 25.7 Å². The smallest absolute Gasteiger partial charge is 0.225 e. The standard InChI is InChI=1S/C18H28O7/c19-18(20)13(12-11-21-16(23-12)7-3-1-4-8-16)22-15-14(18)24-17(25-15)9-5-2-6-10-17/h12-15,19-20H,1-11H2/t12-,13-,14-,15+/m0/s1. The van der Waals surface area contributed by atoms with Crippen LogP contribution in [0.25, 0.3) is 0 Å². The largest absolute Gasteiger partial charge is 0.361 e. The van der Waals surface area contributed by atoms with Gasteiger partial charge < -0.3 is 33.9 Å². The molecule has 25 heavy (non-hydrogen) atoms. The first-order chi connectivity index (χ1) is 12.0. The van der Waals surface area contributed by atoms with Crippen molar-refractivity contribution in [2.24, 2.45) is 0 Å². The van der Waals surface area contributed by atoms with Gasteiger partial charge >= 0.3 is 0 Å². The topological polar surface area (TPSA) is 86.6 Å². The number of ether oxygens (including phenoxy) is 5. The zero-order valence-corrected chi connectivity index (χ0v) is 14.5. The predicted octanol–water partition coefficient (Wildman–Crippen LogP) is 1.54. The molecule has 2 spiro atoms. The molecule has 4 atom stereocenters. The number of rotatable bonds is 1. The molecule has 2 N–H and O–H groups in total. The first-order valence-corrected chi connectivity index (χ1v) is 9.80. The molecule has 0 amide bonds. The lowest BCUT2D eigenvalue weighted by molar-refractivity contribution is -0.311. The van der Waals surface area contributed by atoms with Gasteiger partial charge in [-0.2, -0.15) is 0 Å². The van der Waals surface area contributed by atoms with Crippen molar-refractivity contribution in [1.29, 1.82) is 0 Å². The summed E-state index contributed by atoms with van der Waals surface area (Å²) in [6, 6.07) is 0. The van der Waals surface area contributed by atoms with Gasteiger partial charge in [0.25, 0.3) is 0 Å². The van der Waals surface area contributed by atoms with E-state index in [1.54, 1.807) is 0 Å². The molecule has 3 aliphatic heterocycles. The maximum Gasteiger partial charge on any atom is 0.225 e. The van der Waals surface area contributed by atoms with Gasteiger partial charge in [-0.1, -0.05) is 12.8 Å². The van der Waals surface area contributed by atoms with Crippen LogP contribution in [0, 0.1) is 0 Å². The summed E-state index contributed by atoms with van der Waals surface area (Å²) in [7, 11) is 0. The van der Waals surface area contributed by atoms with Crippen LogP contribution in [0.3, 0.4) is 0 Å². The van der Waals surface area contributed by atoms with E-state index in [1.165, 1.54) is 6.42 Å². The molecule has 0 aromatic carbocycles. The molecule has 5 aliphatic rings. The number of aliphatic hydroxyl groups is 2. The van der Waals surface area contributed by atoms with Crippen molar-refractivity contribution in [1.82, 2.24) is 0 Å². The van der Waals surface area contributed by atoms with Crippen LogP contribution in [0.1, 0.15) is 64.2 Å². The Morgan fingerprint density at radius 3 is 1.96 bits per heavy atom. The summed E-state index contributed by atoms with van der Waals surface area (Å²) in [6.45, 7) is 0.304. The van der Waals surface area contributed by atoms with Gasteiger partial charge in [0, 0.05) is 25.7 Å². The molecule has 7 nitrogen and oxygen atoms in total. The van der Waals surface area contributed by atoms with Crippen molar-refractivity contribution in [2.75, 3.05) is 6.61 Å². The van der Waals surface area contributed by atoms with Crippen LogP contribution in [0.15, 0.2) is 0 Å². The summed E-state index contributed by atoms with van der Waals surface area (Å²) in [5.74, 6) is -3.43. The summed E-state index contributed by atoms with van der Waals surface area (Å²) in [4.78, 5) is 0. The first kappa shape index (κ1) is 16.9. The van der Waals surface area contributed by atoms with Crippen LogP contribution in [-0.2, 0) is 23.7 Å². The normalized spacial score (nSPS) is 44.4. The third-order valence-electron chi connectivity index (χ3n) is 6.48. The minimum Gasteiger partial charge on any atom is -0.361 e. The zero-order chi connectivity index (χ0) is 17.1. The van der Waals surface area contributed by atoms with E-state index in [0.29, 0.717) is 6.61 Å². The lowest BCUT2D eigenvalue weighted by Gasteiger charge is -2.37. The highest BCUT2D eigenvalue weighted by Gasteiger charge is 2.67. The van der Waals surface area contributed by atoms with Crippen LogP contribution in [0.4, 0.5) is 0 Å². The van der Waals surface area contributed by atoms with E-state index in [0.717, 1.165) is 57.8 Å². The molecule has 7 heteroatoms. The van der Waals surface area contributed by atoms with E-state index < -0.39 is 42.0 Å². The Labute approximate surface area is 147 Å². The third-order valence-corrected chi connectivity index (χ3v) is 6.48. The predicted molar refractivity (Wildman–Crippen MR) is 84.2 cm³/mol. The number of hydrogen-bond acceptors (Lipinski definition) is 7. The van der Waals surface area contributed by atoms with Crippen molar-refractivity contribution in [3.05, 3.63) is 0 Å². The van der Waals surface area contributed by atoms with Gasteiger partial charge in [0.05, 0.1) is 6.61 Å². The van der Waals surface area contributed by atoms with Crippen LogP contribution in [0.5, 0.6) is 0 Å². The Kier molecular flexibility index (Phi) is 3.95. The van der Waals surface area contributed by atoms with Crippen LogP contribution in [-0.4, -0.2) is 58.8 Å². The Balaban J connectivity index is 1.29. The molecular formula is C18H28O7. The highest BCUT2D eigenvalue weighted by Crippen LogP contribution is 2.50. The average molecular weight is 356 g/mol. The maximum atomic E-state index is 10.8. The Bertz CT molecular complexity index is 510. The van der Waals surface area contributed by atoms with Gasteiger partial charge in [0.15, 0.2) is 24.0 Å². The summed E-state index contributed by atoms with van der Waals surface area (Å²) in [6.07, 6.45) is 6.68. The van der Waals surface area contributed by atoms with Crippen LogP contribution >= 0.6 is 0 Å². The molecule has 0 unspecified atom stereocenters. The second-order valence-corrected chi connectivity index (χ2v) is 8.27. The SMILES string of the molecule is OC1(O)[C@H]2OC3(CCCCC3)O[C@H]2O[C@H]1[C@@H]1COC2(CCCCC2)O1. The van der Waals surface area contributed by atoms with Crippen LogP contribution in [0.2, 0.25) is 0 Å². The van der Waals surface area contributed by atoms with E-state index in [2.05, 4.69) is 0 Å². The second-order valence-electron chi connectivity index (χ2n) is 8.27. The Morgan fingerprint density at radius 1 is 0.680 bits per heavy atom. The molecule has 142 valence electrons. The van der Waals surface area contributed by atoms with E-state index in [1.807, 2.05) is 0 Å². The molecule has 0 radical (unpaired) electrons. The summed E-state index contributed by atoms with van der Waals surface area (Å²) >= 11 is 0. The van der Waals surface area contributed by atoms with Crippen molar-refractivity contribution < 1.29 is 33.9 Å². The molecule has 5 rings (SSSR count). The Hall–Kier alpha value is -0.280. The van der Waals surface area contributed by atoms with Gasteiger partial charge in [0.1, 0.15) is 12.2 Å². The summed E-state index contributed by atoms with van der Waals surface area (Å²) in [5.41, 5.74) is 0. The first-order valence-electron chi connectivity index (χ1n) is 9.80. The zero-order valence-electron chi connectivity index (χ0n) is 14.5. The fraction of sp³-hybridized carbons (Fsp3) is 1.00. The number of fused-ring (bicyclic) bond motifs is 1. The highest BCUT2D eigenvalue weighted by atomic mass is 16.9. The molecule has 0 aromatic heterocycles. The summed E-state index contributed by atoms with van der Waals surface area (Å²) < 4.78 is 30.0. The van der Waals surface area contributed by atoms with Crippen LogP contribution < -0.4 is 0 Å². The van der Waals surface area contributed by atoms with Gasteiger partial charge in [-0.3, -0.25) is 0 Å². The van der Waals surface area contributed by atoms with E-state index in [-0.39, 0.29) is 0 Å². The molecule has 0 bridgehead atoms. The Morgan fingerprint density at radius 2 is 1.32 bits per heavy atom. The average Bonchev–Trinajstić information content (AvgIpc) is 3.22. The van der Waals surface area contributed by atoms with Crippen molar-refractivity contribution in [3.8, 4) is 0 Å². The van der Waals surface area contributed by atoms with E-state index >= 15 is 0 Å². The molecule has 2 saturated carbocycles. The molecule has 0 aromatic rings. The van der Waals surface area contributed by atoms with E-state index in [9.17, 15) is 10.2 Å². The fourth-order valence-electron chi connectivity index (χ4n) is 5.15. The molecule has 3 saturated heterocycles. The second kappa shape index (κ2) is 5.86. The van der Waals surface area contributed by atoms with Crippen molar-refractivity contribution in [2.45, 2.75) is 106 Å². The monoisotopic (exact) mass is 356 g/mol. The lowest BCUT2D eigenvalue weighted by Crippen LogP contribution is -2.54. The van der Waals surface area contributed by atoms with Gasteiger partial charge in [-0.15, -0.1) is 0 Å². The molecule has 2 aliphatic carbocycles. The minimum absolute atomic E-state index is 0.304. The maximum absolute atomic E-state index is 10.8. The molecule has 3 heterocycles. The molecule has 5 fully saturated rings. The minimum atomic E-state index is -2.14. The lowest BCUT2D eigenvalue weighted by atomic mass is 9.94. The summed E-state index contributed by atoms with van der Waals surface area (Å²) in [5, 5.41) is 21.6. The van der Waals surface area contributed by atoms with Crippen molar-refractivity contribution >= 4 is 0 Å². The molecular weight excluding hydrogens is 328 g/mol. The quantitative estimate of drug-likeness (QED) is 0.689. The number of hydrogen-bond donors (Lipinski definition) is 2. The van der Waals surface area contributed by atoms with E-state index in [4.69, 9.17) is 23.7 Å². The fourth-order valence-corrected chi connectivity index (χ4v) is 5.15.